The number of carbonyl (C=O) groups excluding carboxylic acids is 1. The number of anilines is 1. The van der Waals surface area contributed by atoms with Crippen molar-refractivity contribution in [1.82, 2.24) is 5.32 Å². The van der Waals surface area contributed by atoms with Crippen LogP contribution in [0.2, 0.25) is 0 Å². The summed E-state index contributed by atoms with van der Waals surface area (Å²) < 4.78 is 11.4. The normalized spacial score (nSPS) is 13.4. The van der Waals surface area contributed by atoms with Crippen molar-refractivity contribution in [2.24, 2.45) is 5.92 Å². The fraction of sp³-hybridized carbons (Fsp3) is 0.312. The molecule has 0 aliphatic carbocycles. The second-order valence-electron chi connectivity index (χ2n) is 5.21. The number of hydrogen-bond acceptors (Lipinski definition) is 3. The van der Waals surface area contributed by atoms with Crippen LogP contribution in [0.25, 0.3) is 0 Å². The van der Waals surface area contributed by atoms with Crippen molar-refractivity contribution in [3.8, 4) is 0 Å². The van der Waals surface area contributed by atoms with E-state index in [4.69, 9.17) is 0 Å². The fourth-order valence-electron chi connectivity index (χ4n) is 2.04. The maximum absolute atomic E-state index is 11.9. The summed E-state index contributed by atoms with van der Waals surface area (Å²) in [6, 6.07) is 11.0. The minimum atomic E-state index is -1.05. The van der Waals surface area contributed by atoms with E-state index in [-0.39, 0.29) is 6.03 Å². The van der Waals surface area contributed by atoms with E-state index in [0.717, 1.165) is 6.42 Å². The maximum atomic E-state index is 11.9. The van der Waals surface area contributed by atoms with Gasteiger partial charge < -0.3 is 10.6 Å². The van der Waals surface area contributed by atoms with Crippen molar-refractivity contribution >= 4 is 33.9 Å². The van der Waals surface area contributed by atoms with E-state index in [1.807, 2.05) is 6.07 Å². The van der Waals surface area contributed by atoms with Crippen LogP contribution in [0.1, 0.15) is 11.8 Å². The van der Waals surface area contributed by atoms with Crippen molar-refractivity contribution < 1.29 is 9.00 Å². The van der Waals surface area contributed by atoms with Gasteiger partial charge in [-0.1, -0.05) is 19.1 Å². The topological polar surface area (TPSA) is 58.2 Å². The van der Waals surface area contributed by atoms with Gasteiger partial charge in [0.15, 0.2) is 0 Å². The third kappa shape index (κ3) is 5.27. The van der Waals surface area contributed by atoms with Gasteiger partial charge in [-0.15, -0.1) is 11.3 Å². The standard InChI is InChI=1S/C16H20N2O2S2/c1-12(9-14-6-4-8-21-14)11-17-16(19)18-13-5-3-7-15(10-13)22(2)20/h3-8,10,12H,9,11H2,1-2H3,(H2,17,18,19)/t12-,22-/m0/s1. The van der Waals surface area contributed by atoms with Gasteiger partial charge in [0, 0.05) is 39.1 Å². The number of nitrogens with one attached hydrogen (secondary N) is 2. The third-order valence-electron chi connectivity index (χ3n) is 3.16. The van der Waals surface area contributed by atoms with Crippen LogP contribution in [-0.2, 0) is 17.2 Å². The first-order valence-corrected chi connectivity index (χ1v) is 9.49. The maximum Gasteiger partial charge on any atom is 0.319 e. The SMILES string of the molecule is C[C@H](CNC(=O)Nc1cccc([S@](C)=O)c1)Cc1cccs1. The zero-order valence-corrected chi connectivity index (χ0v) is 14.3. The number of hydrogen-bond donors (Lipinski definition) is 2. The molecule has 118 valence electrons. The van der Waals surface area contributed by atoms with Gasteiger partial charge in [-0.25, -0.2) is 4.79 Å². The minimum Gasteiger partial charge on any atom is -0.338 e. The molecule has 0 aliphatic heterocycles. The number of thiophene rings is 1. The van der Waals surface area contributed by atoms with Gasteiger partial charge in [-0.2, -0.15) is 0 Å². The van der Waals surface area contributed by atoms with Crippen LogP contribution in [0.4, 0.5) is 10.5 Å². The Morgan fingerprint density at radius 2 is 2.14 bits per heavy atom. The Morgan fingerprint density at radius 3 is 2.82 bits per heavy atom. The molecule has 0 aliphatic rings. The number of amides is 2. The van der Waals surface area contributed by atoms with Crippen LogP contribution < -0.4 is 10.6 Å². The summed E-state index contributed by atoms with van der Waals surface area (Å²) in [6.07, 6.45) is 2.58. The number of carbonyl (C=O) groups is 1. The van der Waals surface area contributed by atoms with Crippen molar-refractivity contribution in [3.63, 3.8) is 0 Å². The van der Waals surface area contributed by atoms with Gasteiger partial charge in [-0.3, -0.25) is 4.21 Å². The van der Waals surface area contributed by atoms with E-state index < -0.39 is 10.8 Å². The Kier molecular flexibility index (Phi) is 6.15. The highest BCUT2D eigenvalue weighted by atomic mass is 32.2. The summed E-state index contributed by atoms with van der Waals surface area (Å²) in [6.45, 7) is 2.73. The molecule has 0 saturated heterocycles. The van der Waals surface area contributed by atoms with Crippen LogP contribution >= 0.6 is 11.3 Å². The molecule has 0 unspecified atom stereocenters. The van der Waals surface area contributed by atoms with Gasteiger partial charge in [0.25, 0.3) is 0 Å². The highest BCUT2D eigenvalue weighted by molar-refractivity contribution is 7.84. The molecule has 2 aromatic rings. The predicted octanol–water partition coefficient (Wildman–Crippen LogP) is 3.49. The zero-order chi connectivity index (χ0) is 15.9. The molecule has 6 heteroatoms. The Hall–Kier alpha value is -1.66. The van der Waals surface area contributed by atoms with Gasteiger partial charge in [-0.05, 0) is 42.0 Å². The summed E-state index contributed by atoms with van der Waals surface area (Å²) in [5.74, 6) is 0.374. The summed E-state index contributed by atoms with van der Waals surface area (Å²) in [4.78, 5) is 13.9. The van der Waals surface area contributed by atoms with Gasteiger partial charge in [0.2, 0.25) is 0 Å². The smallest absolute Gasteiger partial charge is 0.319 e. The van der Waals surface area contributed by atoms with Crippen LogP contribution in [0, 0.1) is 5.92 Å². The Bertz CT molecular complexity index is 641. The van der Waals surface area contributed by atoms with E-state index in [9.17, 15) is 9.00 Å². The summed E-state index contributed by atoms with van der Waals surface area (Å²) in [5.41, 5.74) is 0.649. The predicted molar refractivity (Wildman–Crippen MR) is 93.0 cm³/mol. The summed E-state index contributed by atoms with van der Waals surface area (Å²) in [5, 5.41) is 7.70. The third-order valence-corrected chi connectivity index (χ3v) is 4.98. The average molecular weight is 336 g/mol. The molecule has 22 heavy (non-hydrogen) atoms. The van der Waals surface area contributed by atoms with Gasteiger partial charge in [0.05, 0.1) is 0 Å². The Morgan fingerprint density at radius 1 is 1.32 bits per heavy atom. The molecule has 2 N–H and O–H groups in total. The van der Waals surface area contributed by atoms with Gasteiger partial charge in [0.1, 0.15) is 0 Å². The largest absolute Gasteiger partial charge is 0.338 e. The van der Waals surface area contributed by atoms with E-state index >= 15 is 0 Å². The molecule has 1 aromatic carbocycles. The van der Waals surface area contributed by atoms with Crippen molar-refractivity contribution in [2.45, 2.75) is 18.2 Å². The molecule has 2 atom stereocenters. The summed E-state index contributed by atoms with van der Waals surface area (Å²) in [7, 11) is -1.05. The zero-order valence-electron chi connectivity index (χ0n) is 12.7. The fourth-order valence-corrected chi connectivity index (χ4v) is 3.47. The van der Waals surface area contributed by atoms with Crippen molar-refractivity contribution in [3.05, 3.63) is 46.7 Å². The number of rotatable bonds is 6. The summed E-state index contributed by atoms with van der Waals surface area (Å²) >= 11 is 1.74. The second kappa shape index (κ2) is 8.10. The molecule has 0 radical (unpaired) electrons. The van der Waals surface area contributed by atoms with Crippen LogP contribution in [0.3, 0.4) is 0 Å². The first-order chi connectivity index (χ1) is 10.5. The molecule has 2 amide bonds. The molecule has 0 fully saturated rings. The molecule has 4 nitrogen and oxygen atoms in total. The lowest BCUT2D eigenvalue weighted by Crippen LogP contribution is -2.32. The lowest BCUT2D eigenvalue weighted by Gasteiger charge is -2.13. The first-order valence-electron chi connectivity index (χ1n) is 7.05. The van der Waals surface area contributed by atoms with E-state index in [0.29, 0.717) is 23.0 Å². The molecule has 1 aromatic heterocycles. The van der Waals surface area contributed by atoms with Crippen LogP contribution in [0.5, 0.6) is 0 Å². The molecule has 0 bridgehead atoms. The van der Waals surface area contributed by atoms with Crippen LogP contribution in [-0.4, -0.2) is 23.0 Å². The second-order valence-corrected chi connectivity index (χ2v) is 7.62. The van der Waals surface area contributed by atoms with Crippen molar-refractivity contribution in [1.29, 1.82) is 0 Å². The van der Waals surface area contributed by atoms with Crippen molar-refractivity contribution in [2.75, 3.05) is 18.1 Å². The highest BCUT2D eigenvalue weighted by Gasteiger charge is 2.08. The Balaban J connectivity index is 1.80. The first kappa shape index (κ1) is 16.7. The van der Waals surface area contributed by atoms with E-state index in [1.54, 1.807) is 41.9 Å². The van der Waals surface area contributed by atoms with Gasteiger partial charge >= 0.3 is 6.03 Å². The number of urea groups is 1. The van der Waals surface area contributed by atoms with E-state index in [1.165, 1.54) is 4.88 Å². The molecule has 0 spiro atoms. The monoisotopic (exact) mass is 336 g/mol. The molecule has 1 heterocycles. The average Bonchev–Trinajstić information content (AvgIpc) is 2.98. The quantitative estimate of drug-likeness (QED) is 0.848. The lowest BCUT2D eigenvalue weighted by atomic mass is 10.1. The van der Waals surface area contributed by atoms with Crippen LogP contribution in [0.15, 0.2) is 46.7 Å². The lowest BCUT2D eigenvalue weighted by molar-refractivity contribution is 0.250. The highest BCUT2D eigenvalue weighted by Crippen LogP contribution is 2.15. The molecular formula is C16H20N2O2S2. The molecular weight excluding hydrogens is 316 g/mol. The van der Waals surface area contributed by atoms with E-state index in [2.05, 4.69) is 29.0 Å². The molecule has 0 saturated carbocycles. The Labute approximate surface area is 137 Å². The molecule has 2 rings (SSSR count). The number of benzene rings is 1. The minimum absolute atomic E-state index is 0.239.